The lowest BCUT2D eigenvalue weighted by Crippen LogP contribution is -2.32. The Kier molecular flexibility index (Phi) is 5.46. The molecule has 0 aliphatic carbocycles. The van der Waals surface area contributed by atoms with Crippen LogP contribution in [0.4, 0.5) is 5.82 Å². The van der Waals surface area contributed by atoms with E-state index in [1.165, 1.54) is 16.9 Å². The van der Waals surface area contributed by atoms with Gasteiger partial charge in [0, 0.05) is 0 Å². The number of nitrogens with one attached hydrogen (secondary N) is 1. The third-order valence-corrected chi connectivity index (χ3v) is 3.36. The van der Waals surface area contributed by atoms with Crippen LogP contribution in [0.3, 0.4) is 0 Å². The fourth-order valence-corrected chi connectivity index (χ4v) is 2.36. The number of benzene rings is 1. The number of carbonyl (C=O) groups is 1. The van der Waals surface area contributed by atoms with E-state index in [-0.39, 0.29) is 24.3 Å². The third kappa shape index (κ3) is 4.91. The maximum atomic E-state index is 12.2. The summed E-state index contributed by atoms with van der Waals surface area (Å²) in [5, 5.41) is 17.3. The predicted molar refractivity (Wildman–Crippen MR) is 85.7 cm³/mol. The van der Waals surface area contributed by atoms with E-state index in [1.807, 2.05) is 30.3 Å². The van der Waals surface area contributed by atoms with E-state index < -0.39 is 4.92 Å². The van der Waals surface area contributed by atoms with E-state index in [0.29, 0.717) is 5.92 Å². The lowest BCUT2D eigenvalue weighted by atomic mass is 9.97. The Morgan fingerprint density at radius 3 is 2.57 bits per heavy atom. The molecule has 1 N–H and O–H groups in total. The molecule has 0 spiro atoms. The average Bonchev–Trinajstić information content (AvgIpc) is 2.95. The molecular formula is C16H20N4O3. The van der Waals surface area contributed by atoms with Gasteiger partial charge in [0.05, 0.1) is 23.4 Å². The molecular weight excluding hydrogens is 296 g/mol. The Morgan fingerprint density at radius 1 is 1.30 bits per heavy atom. The largest absolute Gasteiger partial charge is 0.389 e. The number of nitrogens with zero attached hydrogens (tertiary/aromatic N) is 3. The summed E-state index contributed by atoms with van der Waals surface area (Å²) in [4.78, 5) is 22.2. The molecule has 2 rings (SSSR count). The molecule has 0 saturated heterocycles. The van der Waals surface area contributed by atoms with Crippen LogP contribution in [0.5, 0.6) is 0 Å². The first-order chi connectivity index (χ1) is 11.0. The molecule has 1 aromatic heterocycles. The summed E-state index contributed by atoms with van der Waals surface area (Å²) in [5.41, 5.74) is 1.04. The van der Waals surface area contributed by atoms with Gasteiger partial charge in [-0.05, 0) is 22.8 Å². The number of amides is 1. The molecule has 1 unspecified atom stereocenters. The van der Waals surface area contributed by atoms with Gasteiger partial charge < -0.3 is 15.4 Å². The van der Waals surface area contributed by atoms with Crippen molar-refractivity contribution in [3.63, 3.8) is 0 Å². The van der Waals surface area contributed by atoms with E-state index in [1.54, 1.807) is 0 Å². The molecule has 0 bridgehead atoms. The van der Waals surface area contributed by atoms with Gasteiger partial charge in [-0.15, -0.1) is 0 Å². The zero-order valence-corrected chi connectivity index (χ0v) is 13.2. The van der Waals surface area contributed by atoms with Gasteiger partial charge in [0.1, 0.15) is 6.54 Å². The fraction of sp³-hybridized carbons (Fsp3) is 0.375. The van der Waals surface area contributed by atoms with E-state index in [4.69, 9.17) is 0 Å². The summed E-state index contributed by atoms with van der Waals surface area (Å²) in [6.45, 7) is 4.15. The van der Waals surface area contributed by atoms with Crippen LogP contribution in [0.2, 0.25) is 0 Å². The highest BCUT2D eigenvalue weighted by atomic mass is 16.6. The van der Waals surface area contributed by atoms with Crippen LogP contribution in [0.25, 0.3) is 0 Å². The quantitative estimate of drug-likeness (QED) is 0.628. The molecule has 1 heterocycles. The van der Waals surface area contributed by atoms with Gasteiger partial charge in [-0.1, -0.05) is 44.2 Å². The van der Waals surface area contributed by atoms with E-state index in [0.717, 1.165) is 12.0 Å². The molecule has 1 atom stereocenters. The Hall–Kier alpha value is -2.70. The van der Waals surface area contributed by atoms with Gasteiger partial charge in [-0.2, -0.15) is 4.68 Å². The van der Waals surface area contributed by atoms with Gasteiger partial charge >= 0.3 is 5.82 Å². The number of hydrogen-bond donors (Lipinski definition) is 1. The molecule has 1 aromatic carbocycles. The van der Waals surface area contributed by atoms with E-state index in [2.05, 4.69) is 24.3 Å². The standard InChI is InChI=1S/C16H20N4O3/c1-12(2)10-14(13-6-4-3-5-7-13)17-16(21)11-19-9-8-15(18-19)20(22)23/h3-9,12,14H,10-11H2,1-2H3,(H,17,21). The highest BCUT2D eigenvalue weighted by Gasteiger charge is 2.18. The van der Waals surface area contributed by atoms with Gasteiger partial charge in [0.25, 0.3) is 0 Å². The number of hydrogen-bond acceptors (Lipinski definition) is 4. The first-order valence-corrected chi connectivity index (χ1v) is 7.48. The number of aromatic nitrogens is 2. The van der Waals surface area contributed by atoms with Crippen molar-refractivity contribution in [2.75, 3.05) is 0 Å². The zero-order valence-electron chi connectivity index (χ0n) is 13.2. The normalized spacial score (nSPS) is 12.1. The van der Waals surface area contributed by atoms with Gasteiger partial charge in [-0.25, -0.2) is 0 Å². The summed E-state index contributed by atoms with van der Waals surface area (Å²) < 4.78 is 1.27. The third-order valence-electron chi connectivity index (χ3n) is 3.36. The van der Waals surface area contributed by atoms with Crippen molar-refractivity contribution < 1.29 is 9.72 Å². The van der Waals surface area contributed by atoms with E-state index >= 15 is 0 Å². The minimum Gasteiger partial charge on any atom is -0.358 e. The molecule has 0 saturated carbocycles. The fourth-order valence-electron chi connectivity index (χ4n) is 2.36. The molecule has 23 heavy (non-hydrogen) atoms. The molecule has 0 radical (unpaired) electrons. The minimum atomic E-state index is -0.583. The molecule has 1 amide bonds. The SMILES string of the molecule is CC(C)CC(NC(=O)Cn1ccc([N+](=O)[O-])n1)c1ccccc1. The summed E-state index contributed by atoms with van der Waals surface area (Å²) in [6.07, 6.45) is 2.24. The highest BCUT2D eigenvalue weighted by Crippen LogP contribution is 2.21. The molecule has 7 nitrogen and oxygen atoms in total. The van der Waals surface area contributed by atoms with Crippen molar-refractivity contribution in [2.45, 2.75) is 32.9 Å². The second-order valence-electron chi connectivity index (χ2n) is 5.79. The summed E-state index contributed by atoms with van der Waals surface area (Å²) in [5.74, 6) is -0.0663. The molecule has 0 aliphatic rings. The number of rotatable bonds is 7. The van der Waals surface area contributed by atoms with Crippen LogP contribution < -0.4 is 5.32 Å². The van der Waals surface area contributed by atoms with Crippen molar-refractivity contribution >= 4 is 11.7 Å². The lowest BCUT2D eigenvalue weighted by Gasteiger charge is -2.21. The monoisotopic (exact) mass is 316 g/mol. The van der Waals surface area contributed by atoms with Crippen LogP contribution >= 0.6 is 0 Å². The summed E-state index contributed by atoms with van der Waals surface area (Å²) >= 11 is 0. The molecule has 0 aliphatic heterocycles. The number of nitro groups is 1. The second kappa shape index (κ2) is 7.53. The number of carbonyl (C=O) groups excluding carboxylic acids is 1. The van der Waals surface area contributed by atoms with E-state index in [9.17, 15) is 14.9 Å². The van der Waals surface area contributed by atoms with Crippen molar-refractivity contribution in [1.29, 1.82) is 0 Å². The Balaban J connectivity index is 2.03. The first kappa shape index (κ1) is 16.7. The maximum Gasteiger partial charge on any atom is 0.389 e. The predicted octanol–water partition coefficient (Wildman–Crippen LogP) is 2.69. The average molecular weight is 316 g/mol. The van der Waals surface area contributed by atoms with Crippen molar-refractivity contribution in [3.05, 3.63) is 58.3 Å². The molecule has 7 heteroatoms. The van der Waals surface area contributed by atoms with Crippen molar-refractivity contribution in [3.8, 4) is 0 Å². The maximum absolute atomic E-state index is 12.2. The molecule has 0 fully saturated rings. The van der Waals surface area contributed by atoms with Crippen LogP contribution in [-0.4, -0.2) is 20.6 Å². The summed E-state index contributed by atoms with van der Waals surface area (Å²) in [7, 11) is 0. The van der Waals surface area contributed by atoms with Gasteiger partial charge in [0.15, 0.2) is 0 Å². The van der Waals surface area contributed by atoms with Gasteiger partial charge in [0.2, 0.25) is 5.91 Å². The Labute approximate surface area is 134 Å². The summed E-state index contributed by atoms with van der Waals surface area (Å²) in [6, 6.07) is 10.9. The van der Waals surface area contributed by atoms with Crippen molar-refractivity contribution in [1.82, 2.24) is 15.1 Å². The van der Waals surface area contributed by atoms with Crippen LogP contribution in [-0.2, 0) is 11.3 Å². The highest BCUT2D eigenvalue weighted by molar-refractivity contribution is 5.76. The zero-order chi connectivity index (χ0) is 16.8. The Bertz CT molecular complexity index is 667. The van der Waals surface area contributed by atoms with Crippen LogP contribution in [0.15, 0.2) is 42.6 Å². The van der Waals surface area contributed by atoms with Crippen LogP contribution in [0.1, 0.15) is 31.9 Å². The Morgan fingerprint density at radius 2 is 2.00 bits per heavy atom. The topological polar surface area (TPSA) is 90.1 Å². The smallest absolute Gasteiger partial charge is 0.358 e. The second-order valence-corrected chi connectivity index (χ2v) is 5.79. The van der Waals surface area contributed by atoms with Crippen molar-refractivity contribution in [2.24, 2.45) is 5.92 Å². The van der Waals surface area contributed by atoms with Crippen LogP contribution in [0, 0.1) is 16.0 Å². The minimum absolute atomic E-state index is 0.0464. The molecule has 2 aromatic rings. The molecule has 122 valence electrons. The van der Waals surface area contributed by atoms with Gasteiger partial charge in [-0.3, -0.25) is 4.79 Å². The first-order valence-electron chi connectivity index (χ1n) is 7.48. The lowest BCUT2D eigenvalue weighted by molar-refractivity contribution is -0.389.